The summed E-state index contributed by atoms with van der Waals surface area (Å²) in [4.78, 5) is 0. The summed E-state index contributed by atoms with van der Waals surface area (Å²) in [7, 11) is 0. The van der Waals surface area contributed by atoms with Gasteiger partial charge in [0, 0.05) is 6.04 Å². The van der Waals surface area contributed by atoms with Crippen molar-refractivity contribution in [3.63, 3.8) is 0 Å². The Labute approximate surface area is 89.7 Å². The third-order valence-electron chi connectivity index (χ3n) is 3.66. The highest BCUT2D eigenvalue weighted by Crippen LogP contribution is 2.31. The highest BCUT2D eigenvalue weighted by Gasteiger charge is 2.24. The van der Waals surface area contributed by atoms with Crippen molar-refractivity contribution in [2.45, 2.75) is 65.3 Å². The minimum absolute atomic E-state index is 0.837. The second-order valence-electron chi connectivity index (χ2n) is 5.08. The summed E-state index contributed by atoms with van der Waals surface area (Å²) in [5.41, 5.74) is 0. The van der Waals surface area contributed by atoms with Crippen LogP contribution in [0, 0.1) is 11.8 Å². The molecule has 0 spiro atoms. The summed E-state index contributed by atoms with van der Waals surface area (Å²) in [6.07, 6.45) is 8.40. The van der Waals surface area contributed by atoms with E-state index >= 15 is 0 Å². The van der Waals surface area contributed by atoms with Gasteiger partial charge in [-0.25, -0.2) is 0 Å². The van der Waals surface area contributed by atoms with E-state index < -0.39 is 0 Å². The Kier molecular flexibility index (Phi) is 5.54. The fourth-order valence-electron chi connectivity index (χ4n) is 2.56. The van der Waals surface area contributed by atoms with Crippen molar-refractivity contribution < 1.29 is 0 Å². The maximum absolute atomic E-state index is 3.65. The quantitative estimate of drug-likeness (QED) is 0.686. The lowest BCUT2D eigenvalue weighted by atomic mass is 9.93. The summed E-state index contributed by atoms with van der Waals surface area (Å²) in [6, 6.07) is 0.837. The Morgan fingerprint density at radius 3 is 2.71 bits per heavy atom. The molecule has 1 nitrogen and oxygen atoms in total. The van der Waals surface area contributed by atoms with Crippen LogP contribution in [0.2, 0.25) is 0 Å². The molecule has 0 aromatic carbocycles. The van der Waals surface area contributed by atoms with Gasteiger partial charge >= 0.3 is 0 Å². The van der Waals surface area contributed by atoms with Crippen LogP contribution < -0.4 is 5.32 Å². The molecule has 1 rings (SSSR count). The van der Waals surface area contributed by atoms with E-state index in [1.165, 1.54) is 45.1 Å². The van der Waals surface area contributed by atoms with Crippen molar-refractivity contribution in [1.82, 2.24) is 5.32 Å². The molecule has 0 bridgehead atoms. The molecule has 0 amide bonds. The minimum atomic E-state index is 0.837. The van der Waals surface area contributed by atoms with Crippen LogP contribution in [0.3, 0.4) is 0 Å². The molecule has 3 unspecified atom stereocenters. The van der Waals surface area contributed by atoms with Crippen molar-refractivity contribution in [2.24, 2.45) is 11.8 Å². The highest BCUT2D eigenvalue weighted by atomic mass is 14.9. The maximum Gasteiger partial charge on any atom is 0.00698 e. The van der Waals surface area contributed by atoms with Crippen LogP contribution in [-0.2, 0) is 0 Å². The second kappa shape index (κ2) is 6.44. The Morgan fingerprint density at radius 2 is 2.07 bits per heavy atom. The average molecular weight is 197 g/mol. The molecule has 0 aromatic heterocycles. The standard InChI is InChI=1S/C13H27N/c1-4-8-14-13-7-6-12(10-13)9-11(3)5-2/h11-14H,4-10H2,1-3H3. The molecule has 0 heterocycles. The van der Waals surface area contributed by atoms with Crippen LogP contribution in [0.4, 0.5) is 0 Å². The molecular formula is C13H27N. The fourth-order valence-corrected chi connectivity index (χ4v) is 2.56. The molecule has 84 valence electrons. The minimum Gasteiger partial charge on any atom is -0.314 e. The Bertz CT molecular complexity index is 144. The molecule has 1 saturated carbocycles. The molecule has 0 aliphatic heterocycles. The van der Waals surface area contributed by atoms with Crippen LogP contribution >= 0.6 is 0 Å². The molecule has 1 fully saturated rings. The Morgan fingerprint density at radius 1 is 1.29 bits per heavy atom. The summed E-state index contributed by atoms with van der Waals surface area (Å²) < 4.78 is 0. The maximum atomic E-state index is 3.65. The van der Waals surface area contributed by atoms with Gasteiger partial charge in [0.25, 0.3) is 0 Å². The van der Waals surface area contributed by atoms with Crippen molar-refractivity contribution in [3.05, 3.63) is 0 Å². The zero-order chi connectivity index (χ0) is 10.4. The zero-order valence-corrected chi connectivity index (χ0v) is 10.2. The molecule has 1 N–H and O–H groups in total. The molecule has 1 aliphatic carbocycles. The Hall–Kier alpha value is -0.0400. The predicted octanol–water partition coefficient (Wildman–Crippen LogP) is 3.59. The van der Waals surface area contributed by atoms with Gasteiger partial charge in [-0.15, -0.1) is 0 Å². The van der Waals surface area contributed by atoms with E-state index in [4.69, 9.17) is 0 Å². The number of hydrogen-bond donors (Lipinski definition) is 1. The summed E-state index contributed by atoms with van der Waals surface area (Å²) in [5, 5.41) is 3.65. The van der Waals surface area contributed by atoms with Gasteiger partial charge in [0.15, 0.2) is 0 Å². The summed E-state index contributed by atoms with van der Waals surface area (Å²) >= 11 is 0. The van der Waals surface area contributed by atoms with E-state index in [0.29, 0.717) is 0 Å². The van der Waals surface area contributed by atoms with E-state index in [1.807, 2.05) is 0 Å². The molecule has 1 heteroatoms. The van der Waals surface area contributed by atoms with E-state index in [9.17, 15) is 0 Å². The van der Waals surface area contributed by atoms with Gasteiger partial charge in [-0.1, -0.05) is 27.2 Å². The van der Waals surface area contributed by atoms with E-state index in [1.54, 1.807) is 0 Å². The van der Waals surface area contributed by atoms with Gasteiger partial charge in [-0.05, 0) is 50.5 Å². The third kappa shape index (κ3) is 4.00. The smallest absolute Gasteiger partial charge is 0.00698 e. The predicted molar refractivity (Wildman–Crippen MR) is 63.5 cm³/mol. The Balaban J connectivity index is 2.13. The van der Waals surface area contributed by atoms with Crippen molar-refractivity contribution in [2.75, 3.05) is 6.54 Å². The number of nitrogens with one attached hydrogen (secondary N) is 1. The van der Waals surface area contributed by atoms with Crippen LogP contribution in [0.5, 0.6) is 0 Å². The molecule has 0 saturated heterocycles. The molecule has 14 heavy (non-hydrogen) atoms. The summed E-state index contributed by atoms with van der Waals surface area (Å²) in [5.74, 6) is 1.95. The van der Waals surface area contributed by atoms with Gasteiger partial charge in [-0.2, -0.15) is 0 Å². The second-order valence-corrected chi connectivity index (χ2v) is 5.08. The van der Waals surface area contributed by atoms with Crippen LogP contribution in [0.25, 0.3) is 0 Å². The van der Waals surface area contributed by atoms with Crippen LogP contribution in [0.1, 0.15) is 59.3 Å². The molecule has 0 aromatic rings. The zero-order valence-electron chi connectivity index (χ0n) is 10.2. The van der Waals surface area contributed by atoms with Gasteiger partial charge < -0.3 is 5.32 Å². The van der Waals surface area contributed by atoms with Crippen molar-refractivity contribution >= 4 is 0 Å². The lowest BCUT2D eigenvalue weighted by Crippen LogP contribution is -2.27. The largest absolute Gasteiger partial charge is 0.314 e. The van der Waals surface area contributed by atoms with Gasteiger partial charge in [-0.3, -0.25) is 0 Å². The number of rotatable bonds is 6. The average Bonchev–Trinajstić information content (AvgIpc) is 2.62. The third-order valence-corrected chi connectivity index (χ3v) is 3.66. The van der Waals surface area contributed by atoms with Gasteiger partial charge in [0.2, 0.25) is 0 Å². The van der Waals surface area contributed by atoms with Crippen LogP contribution in [-0.4, -0.2) is 12.6 Å². The topological polar surface area (TPSA) is 12.0 Å². The monoisotopic (exact) mass is 197 g/mol. The SMILES string of the molecule is CCCNC1CCC(CC(C)CC)C1. The van der Waals surface area contributed by atoms with Crippen LogP contribution in [0.15, 0.2) is 0 Å². The highest BCUT2D eigenvalue weighted by molar-refractivity contribution is 4.81. The first-order valence-electron chi connectivity index (χ1n) is 6.49. The molecule has 1 aliphatic rings. The van der Waals surface area contributed by atoms with Gasteiger partial charge in [0.1, 0.15) is 0 Å². The first kappa shape index (κ1) is 12.0. The first-order chi connectivity index (χ1) is 6.76. The van der Waals surface area contributed by atoms with Crippen molar-refractivity contribution in [3.8, 4) is 0 Å². The molecular weight excluding hydrogens is 170 g/mol. The normalized spacial score (nSPS) is 29.4. The number of hydrogen-bond acceptors (Lipinski definition) is 1. The first-order valence-corrected chi connectivity index (χ1v) is 6.49. The lowest BCUT2D eigenvalue weighted by Gasteiger charge is -2.15. The van der Waals surface area contributed by atoms with E-state index in [-0.39, 0.29) is 0 Å². The fraction of sp³-hybridized carbons (Fsp3) is 1.00. The van der Waals surface area contributed by atoms with E-state index in [0.717, 1.165) is 17.9 Å². The van der Waals surface area contributed by atoms with E-state index in [2.05, 4.69) is 26.1 Å². The molecule has 3 atom stereocenters. The summed E-state index contributed by atoms with van der Waals surface area (Å²) in [6.45, 7) is 8.17. The van der Waals surface area contributed by atoms with Crippen molar-refractivity contribution in [1.29, 1.82) is 0 Å². The lowest BCUT2D eigenvalue weighted by molar-refractivity contribution is 0.379. The molecule has 0 radical (unpaired) electrons. The van der Waals surface area contributed by atoms with Gasteiger partial charge in [0.05, 0.1) is 0 Å².